The van der Waals surface area contributed by atoms with Crippen molar-refractivity contribution in [2.24, 2.45) is 0 Å². The fourth-order valence-corrected chi connectivity index (χ4v) is 2.61. The highest BCUT2D eigenvalue weighted by atomic mass is 32.1. The molecule has 0 atom stereocenters. The van der Waals surface area contributed by atoms with Crippen LogP contribution < -0.4 is 10.2 Å². The lowest BCUT2D eigenvalue weighted by atomic mass is 10.2. The van der Waals surface area contributed by atoms with Gasteiger partial charge in [-0.2, -0.15) is 0 Å². The molecule has 21 heavy (non-hydrogen) atoms. The Hall–Kier alpha value is -1.98. The highest BCUT2D eigenvalue weighted by Crippen LogP contribution is 2.16. The average Bonchev–Trinajstić information content (AvgIpc) is 2.50. The molecule has 1 aromatic heterocycles. The number of anilines is 1. The number of benzene rings is 1. The summed E-state index contributed by atoms with van der Waals surface area (Å²) in [4.78, 5) is 8.90. The maximum Gasteiger partial charge on any atom is 0.176 e. The highest BCUT2D eigenvalue weighted by Gasteiger charge is 2.22. The van der Waals surface area contributed by atoms with Crippen molar-refractivity contribution in [3.8, 4) is 0 Å². The maximum absolute atomic E-state index is 5.42. The number of hydrogen-bond donors (Lipinski definition) is 1. The summed E-state index contributed by atoms with van der Waals surface area (Å²) in [7, 11) is 0. The first kappa shape index (κ1) is 14.0. The Labute approximate surface area is 130 Å². The third-order valence-corrected chi connectivity index (χ3v) is 3.80. The van der Waals surface area contributed by atoms with E-state index in [0.29, 0.717) is 0 Å². The fourth-order valence-electron chi connectivity index (χ4n) is 2.39. The lowest BCUT2D eigenvalue weighted by Crippen LogP contribution is -2.56. The molecule has 5 heteroatoms. The molecule has 1 aliphatic rings. The normalized spacial score (nSPS) is 15.9. The third kappa shape index (κ3) is 3.37. The van der Waals surface area contributed by atoms with Gasteiger partial charge in [0.2, 0.25) is 0 Å². The molecule has 1 saturated heterocycles. The van der Waals surface area contributed by atoms with Gasteiger partial charge in [0.1, 0.15) is 5.82 Å². The van der Waals surface area contributed by atoms with E-state index in [1.165, 1.54) is 5.56 Å². The summed E-state index contributed by atoms with van der Waals surface area (Å²) < 4.78 is 0. The number of aryl methyl sites for hydroxylation is 1. The van der Waals surface area contributed by atoms with E-state index in [9.17, 15) is 0 Å². The van der Waals surface area contributed by atoms with Gasteiger partial charge in [0, 0.05) is 12.2 Å². The second kappa shape index (κ2) is 6.20. The van der Waals surface area contributed by atoms with Crippen molar-refractivity contribution in [1.82, 2.24) is 15.2 Å². The molecule has 0 radical (unpaired) electrons. The predicted octanol–water partition coefficient (Wildman–Crippen LogP) is 2.50. The Morgan fingerprint density at radius 2 is 1.95 bits per heavy atom. The lowest BCUT2D eigenvalue weighted by Gasteiger charge is -2.37. The summed E-state index contributed by atoms with van der Waals surface area (Å²) in [5.41, 5.74) is 2.29. The van der Waals surface area contributed by atoms with E-state index in [1.807, 2.05) is 36.1 Å². The molecule has 3 rings (SSSR count). The van der Waals surface area contributed by atoms with Gasteiger partial charge in [0.25, 0.3) is 0 Å². The molecule has 1 aliphatic heterocycles. The van der Waals surface area contributed by atoms with Gasteiger partial charge in [-0.05, 0) is 36.8 Å². The molecule has 0 unspecified atom stereocenters. The van der Waals surface area contributed by atoms with Crippen molar-refractivity contribution in [3.05, 3.63) is 59.8 Å². The zero-order chi connectivity index (χ0) is 14.7. The van der Waals surface area contributed by atoms with Gasteiger partial charge in [0.15, 0.2) is 5.11 Å². The van der Waals surface area contributed by atoms with E-state index in [-0.39, 0.29) is 0 Å². The standard InChI is InChI=1S/C16H18N4S/c1-13-6-5-9-15(18-13)20-12-19(11-17-16(20)21)10-14-7-3-2-4-8-14/h2-9H,10-12H2,1H3,(H,17,21). The van der Waals surface area contributed by atoms with Crippen LogP contribution in [0.15, 0.2) is 48.5 Å². The zero-order valence-electron chi connectivity index (χ0n) is 12.0. The summed E-state index contributed by atoms with van der Waals surface area (Å²) >= 11 is 5.42. The number of hydrogen-bond acceptors (Lipinski definition) is 3. The van der Waals surface area contributed by atoms with Gasteiger partial charge in [-0.1, -0.05) is 36.4 Å². The second-order valence-corrected chi connectivity index (χ2v) is 5.55. The van der Waals surface area contributed by atoms with Crippen molar-refractivity contribution in [2.45, 2.75) is 13.5 Å². The van der Waals surface area contributed by atoms with Gasteiger partial charge in [-0.25, -0.2) is 4.98 Å². The van der Waals surface area contributed by atoms with Crippen LogP contribution in [-0.2, 0) is 6.54 Å². The van der Waals surface area contributed by atoms with Crippen LogP contribution in [-0.4, -0.2) is 28.3 Å². The summed E-state index contributed by atoms with van der Waals surface area (Å²) in [5.74, 6) is 0.894. The fraction of sp³-hybridized carbons (Fsp3) is 0.250. The van der Waals surface area contributed by atoms with E-state index < -0.39 is 0 Å². The number of nitrogens with zero attached hydrogens (tertiary/aromatic N) is 3. The van der Waals surface area contributed by atoms with Gasteiger partial charge < -0.3 is 5.32 Å². The topological polar surface area (TPSA) is 31.4 Å². The largest absolute Gasteiger partial charge is 0.349 e. The third-order valence-electron chi connectivity index (χ3n) is 3.44. The Morgan fingerprint density at radius 1 is 1.14 bits per heavy atom. The highest BCUT2D eigenvalue weighted by molar-refractivity contribution is 7.80. The molecular weight excluding hydrogens is 280 g/mol. The van der Waals surface area contributed by atoms with Crippen LogP contribution in [0.1, 0.15) is 11.3 Å². The average molecular weight is 298 g/mol. The zero-order valence-corrected chi connectivity index (χ0v) is 12.8. The van der Waals surface area contributed by atoms with Crippen molar-refractivity contribution >= 4 is 23.1 Å². The number of thiocarbonyl (C=S) groups is 1. The summed E-state index contributed by atoms with van der Waals surface area (Å²) in [6, 6.07) is 16.4. The molecule has 2 heterocycles. The Bertz CT molecular complexity index is 629. The molecular formula is C16H18N4S. The molecule has 4 nitrogen and oxygen atoms in total. The Balaban J connectivity index is 1.74. The molecule has 108 valence electrons. The summed E-state index contributed by atoms with van der Waals surface area (Å²) in [5, 5.41) is 4.00. The molecule has 0 bridgehead atoms. The first-order valence-electron chi connectivity index (χ1n) is 6.98. The minimum atomic E-state index is 0.734. The molecule has 1 N–H and O–H groups in total. The van der Waals surface area contributed by atoms with Crippen molar-refractivity contribution in [3.63, 3.8) is 0 Å². The van der Waals surface area contributed by atoms with E-state index in [1.54, 1.807) is 0 Å². The number of pyridine rings is 1. The first-order valence-corrected chi connectivity index (χ1v) is 7.38. The van der Waals surface area contributed by atoms with Crippen LogP contribution in [0.5, 0.6) is 0 Å². The lowest BCUT2D eigenvalue weighted by molar-refractivity contribution is 0.252. The van der Waals surface area contributed by atoms with Crippen LogP contribution >= 0.6 is 12.2 Å². The van der Waals surface area contributed by atoms with Crippen molar-refractivity contribution < 1.29 is 0 Å². The van der Waals surface area contributed by atoms with Crippen LogP contribution in [0.25, 0.3) is 0 Å². The quantitative estimate of drug-likeness (QED) is 0.880. The molecule has 0 saturated carbocycles. The Morgan fingerprint density at radius 3 is 2.71 bits per heavy atom. The van der Waals surface area contributed by atoms with E-state index in [0.717, 1.165) is 36.5 Å². The molecule has 0 amide bonds. The minimum absolute atomic E-state index is 0.734. The van der Waals surface area contributed by atoms with Gasteiger partial charge >= 0.3 is 0 Å². The number of nitrogens with one attached hydrogen (secondary N) is 1. The van der Waals surface area contributed by atoms with E-state index >= 15 is 0 Å². The van der Waals surface area contributed by atoms with E-state index in [2.05, 4.69) is 39.5 Å². The molecule has 1 aromatic carbocycles. The van der Waals surface area contributed by atoms with Crippen LogP contribution in [0.2, 0.25) is 0 Å². The molecule has 2 aromatic rings. The minimum Gasteiger partial charge on any atom is -0.349 e. The molecule has 0 spiro atoms. The molecule has 1 fully saturated rings. The van der Waals surface area contributed by atoms with Crippen LogP contribution in [0.3, 0.4) is 0 Å². The van der Waals surface area contributed by atoms with Crippen molar-refractivity contribution in [2.75, 3.05) is 18.2 Å². The van der Waals surface area contributed by atoms with Gasteiger partial charge in [-0.15, -0.1) is 0 Å². The summed E-state index contributed by atoms with van der Waals surface area (Å²) in [6.07, 6.45) is 0. The first-order chi connectivity index (χ1) is 10.2. The van der Waals surface area contributed by atoms with Crippen molar-refractivity contribution in [1.29, 1.82) is 0 Å². The monoisotopic (exact) mass is 298 g/mol. The van der Waals surface area contributed by atoms with Gasteiger partial charge in [-0.3, -0.25) is 9.80 Å². The smallest absolute Gasteiger partial charge is 0.176 e. The predicted molar refractivity (Wildman–Crippen MR) is 88.9 cm³/mol. The van der Waals surface area contributed by atoms with E-state index in [4.69, 9.17) is 12.2 Å². The SMILES string of the molecule is Cc1cccc(N2CN(Cc3ccccc3)CNC2=S)n1. The number of rotatable bonds is 3. The van der Waals surface area contributed by atoms with Gasteiger partial charge in [0.05, 0.1) is 13.3 Å². The molecule has 0 aliphatic carbocycles. The van der Waals surface area contributed by atoms with Crippen LogP contribution in [0.4, 0.5) is 5.82 Å². The maximum atomic E-state index is 5.42. The van der Waals surface area contributed by atoms with Crippen LogP contribution in [0, 0.1) is 6.92 Å². The number of aromatic nitrogens is 1. The Kier molecular flexibility index (Phi) is 4.13. The summed E-state index contributed by atoms with van der Waals surface area (Å²) in [6.45, 7) is 4.39. The second-order valence-electron chi connectivity index (χ2n) is 5.16.